The zero-order valence-electron chi connectivity index (χ0n) is 19.1. The molecule has 186 valence electrons. The lowest BCUT2D eigenvalue weighted by Crippen LogP contribution is -2.35. The van der Waals surface area contributed by atoms with E-state index in [4.69, 9.17) is 9.47 Å². The standard InChI is InChI=1S/C23H28Br3N3O5/c1-29(2)7-4-8-34-22-17(25)11-15(12-18(22)26)20(30)13-27-23(31)19(28-32)10-14-5-6-21(33-3)16(24)9-14/h5-6,9,11-12,20,30,32H,4,7-8,10,13H2,1-3H3,(H,27,31)/b28-19-. The topological polar surface area (TPSA) is 104 Å². The highest BCUT2D eigenvalue weighted by Crippen LogP contribution is 2.36. The number of carbonyl (C=O) groups is 1. The molecule has 1 amide bonds. The molecule has 8 nitrogen and oxygen atoms in total. The molecule has 0 aliphatic carbocycles. The van der Waals surface area contributed by atoms with E-state index in [-0.39, 0.29) is 18.7 Å². The van der Waals surface area contributed by atoms with Crippen molar-refractivity contribution in [1.82, 2.24) is 10.2 Å². The summed E-state index contributed by atoms with van der Waals surface area (Å²) in [6.45, 7) is 1.41. The number of benzene rings is 2. The number of aliphatic hydroxyl groups is 1. The number of nitrogens with one attached hydrogen (secondary N) is 1. The fourth-order valence-electron chi connectivity index (χ4n) is 3.05. The molecule has 3 N–H and O–H groups in total. The monoisotopic (exact) mass is 663 g/mol. The van der Waals surface area contributed by atoms with E-state index in [1.165, 1.54) is 0 Å². The Balaban J connectivity index is 1.96. The maximum Gasteiger partial charge on any atom is 0.269 e. The lowest BCUT2D eigenvalue weighted by Gasteiger charge is -2.17. The van der Waals surface area contributed by atoms with Crippen LogP contribution >= 0.6 is 47.8 Å². The molecule has 1 atom stereocenters. The van der Waals surface area contributed by atoms with E-state index in [0.717, 1.165) is 23.0 Å². The Kier molecular flexibility index (Phi) is 11.8. The molecule has 0 saturated carbocycles. The molecule has 0 saturated heterocycles. The van der Waals surface area contributed by atoms with Crippen LogP contribution in [0.5, 0.6) is 11.5 Å². The highest BCUT2D eigenvalue weighted by molar-refractivity contribution is 9.11. The third-order valence-corrected chi connectivity index (χ3v) is 6.63. The number of aliphatic hydroxyl groups excluding tert-OH is 1. The smallest absolute Gasteiger partial charge is 0.269 e. The largest absolute Gasteiger partial charge is 0.496 e. The molecule has 2 aromatic carbocycles. The summed E-state index contributed by atoms with van der Waals surface area (Å²) < 4.78 is 13.1. The van der Waals surface area contributed by atoms with E-state index in [2.05, 4.69) is 63.2 Å². The minimum atomic E-state index is -0.977. The highest BCUT2D eigenvalue weighted by Gasteiger charge is 2.18. The first-order chi connectivity index (χ1) is 16.2. The van der Waals surface area contributed by atoms with Crippen LogP contribution in [-0.4, -0.2) is 67.7 Å². The van der Waals surface area contributed by atoms with Crippen LogP contribution in [0.1, 0.15) is 23.7 Å². The first kappa shape index (κ1) is 28.6. The van der Waals surface area contributed by atoms with E-state index in [0.29, 0.717) is 32.6 Å². The van der Waals surface area contributed by atoms with Gasteiger partial charge in [-0.15, -0.1) is 0 Å². The van der Waals surface area contributed by atoms with Crippen LogP contribution in [0.3, 0.4) is 0 Å². The first-order valence-electron chi connectivity index (χ1n) is 10.4. The molecule has 0 aliphatic heterocycles. The number of carbonyl (C=O) groups excluding carboxylic acids is 1. The summed E-state index contributed by atoms with van der Waals surface area (Å²) >= 11 is 10.4. The van der Waals surface area contributed by atoms with Crippen molar-refractivity contribution in [2.24, 2.45) is 5.16 Å². The number of ether oxygens (including phenoxy) is 2. The van der Waals surface area contributed by atoms with Gasteiger partial charge in [-0.3, -0.25) is 4.79 Å². The first-order valence-corrected chi connectivity index (χ1v) is 12.8. The second kappa shape index (κ2) is 14.0. The van der Waals surface area contributed by atoms with Crippen molar-refractivity contribution in [2.45, 2.75) is 18.9 Å². The predicted octanol–water partition coefficient (Wildman–Crippen LogP) is 4.54. The van der Waals surface area contributed by atoms with Crippen molar-refractivity contribution in [2.75, 3.05) is 40.9 Å². The van der Waals surface area contributed by atoms with Crippen LogP contribution in [0.25, 0.3) is 0 Å². The van der Waals surface area contributed by atoms with Gasteiger partial charge in [-0.1, -0.05) is 11.2 Å². The molecule has 1 unspecified atom stereocenters. The van der Waals surface area contributed by atoms with Crippen LogP contribution in [0, 0.1) is 0 Å². The number of halogens is 3. The molecule has 0 spiro atoms. The molecule has 11 heteroatoms. The van der Waals surface area contributed by atoms with Crippen molar-refractivity contribution < 1.29 is 24.6 Å². The predicted molar refractivity (Wildman–Crippen MR) is 142 cm³/mol. The summed E-state index contributed by atoms with van der Waals surface area (Å²) in [5.74, 6) is 0.729. The van der Waals surface area contributed by atoms with Gasteiger partial charge in [0.1, 0.15) is 17.2 Å². The van der Waals surface area contributed by atoms with Crippen molar-refractivity contribution >= 4 is 59.4 Å². The van der Waals surface area contributed by atoms with Crippen LogP contribution in [0.15, 0.2) is 48.9 Å². The summed E-state index contributed by atoms with van der Waals surface area (Å²) in [5, 5.41) is 25.7. The second-order valence-electron chi connectivity index (χ2n) is 7.74. The fraction of sp³-hybridized carbons (Fsp3) is 0.391. The third-order valence-electron chi connectivity index (χ3n) is 4.83. The number of hydrogen-bond acceptors (Lipinski definition) is 7. The molecule has 0 radical (unpaired) electrons. The summed E-state index contributed by atoms with van der Waals surface area (Å²) in [6, 6.07) is 8.81. The molecule has 34 heavy (non-hydrogen) atoms. The Bertz CT molecular complexity index is 994. The summed E-state index contributed by atoms with van der Waals surface area (Å²) in [5.41, 5.74) is 1.26. The zero-order valence-corrected chi connectivity index (χ0v) is 23.9. The van der Waals surface area contributed by atoms with Gasteiger partial charge in [0.15, 0.2) is 0 Å². The van der Waals surface area contributed by atoms with E-state index >= 15 is 0 Å². The number of methoxy groups -OCH3 is 1. The number of oxime groups is 1. The van der Waals surface area contributed by atoms with Crippen molar-refractivity contribution in [3.05, 3.63) is 54.9 Å². The molecule has 2 aromatic rings. The summed E-state index contributed by atoms with van der Waals surface area (Å²) in [4.78, 5) is 14.6. The van der Waals surface area contributed by atoms with Crippen LogP contribution in [-0.2, 0) is 11.2 Å². The van der Waals surface area contributed by atoms with Crippen LogP contribution in [0.4, 0.5) is 0 Å². The Hall–Kier alpha value is -1.66. The van der Waals surface area contributed by atoms with Gasteiger partial charge in [0.2, 0.25) is 0 Å². The lowest BCUT2D eigenvalue weighted by atomic mass is 10.1. The molecular weight excluding hydrogens is 638 g/mol. The van der Waals surface area contributed by atoms with E-state index < -0.39 is 12.0 Å². The van der Waals surface area contributed by atoms with Crippen molar-refractivity contribution in [3.63, 3.8) is 0 Å². The number of rotatable bonds is 12. The van der Waals surface area contributed by atoms with Crippen LogP contribution in [0.2, 0.25) is 0 Å². The number of amides is 1. The fourth-order valence-corrected chi connectivity index (χ4v) is 5.09. The normalized spacial score (nSPS) is 12.5. The quantitative estimate of drug-likeness (QED) is 0.133. The van der Waals surface area contributed by atoms with Gasteiger partial charge >= 0.3 is 0 Å². The molecule has 0 aliphatic rings. The van der Waals surface area contributed by atoms with Gasteiger partial charge in [0, 0.05) is 19.5 Å². The second-order valence-corrected chi connectivity index (χ2v) is 10.3. The van der Waals surface area contributed by atoms with Gasteiger partial charge < -0.3 is 30.0 Å². The molecular formula is C23H28Br3N3O5. The van der Waals surface area contributed by atoms with Gasteiger partial charge in [-0.2, -0.15) is 0 Å². The molecule has 0 heterocycles. The van der Waals surface area contributed by atoms with E-state index in [1.54, 1.807) is 37.4 Å². The Morgan fingerprint density at radius 3 is 2.38 bits per heavy atom. The van der Waals surface area contributed by atoms with E-state index in [9.17, 15) is 15.1 Å². The molecule has 2 rings (SSSR count). The third kappa shape index (κ3) is 8.53. The minimum Gasteiger partial charge on any atom is -0.496 e. The molecule has 0 aromatic heterocycles. The Labute approximate surface area is 224 Å². The van der Waals surface area contributed by atoms with Gasteiger partial charge in [0.25, 0.3) is 5.91 Å². The van der Waals surface area contributed by atoms with Gasteiger partial charge in [-0.05, 0) is 104 Å². The highest BCUT2D eigenvalue weighted by atomic mass is 79.9. The minimum absolute atomic E-state index is 0.0634. The molecule has 0 bridgehead atoms. The Morgan fingerprint density at radius 1 is 1.15 bits per heavy atom. The SMILES string of the molecule is COc1ccc(C/C(=N/O)C(=O)NCC(O)c2cc(Br)c(OCCCN(C)C)c(Br)c2)cc1Br. The van der Waals surface area contributed by atoms with E-state index in [1.807, 2.05) is 14.1 Å². The number of nitrogens with zero attached hydrogens (tertiary/aromatic N) is 2. The zero-order chi connectivity index (χ0) is 25.3. The summed E-state index contributed by atoms with van der Waals surface area (Å²) in [7, 11) is 5.58. The van der Waals surface area contributed by atoms with Gasteiger partial charge in [0.05, 0.1) is 33.2 Å². The van der Waals surface area contributed by atoms with Gasteiger partial charge in [-0.25, -0.2) is 0 Å². The summed E-state index contributed by atoms with van der Waals surface area (Å²) in [6.07, 6.45) is 0.0112. The average molecular weight is 666 g/mol. The van der Waals surface area contributed by atoms with Crippen LogP contribution < -0.4 is 14.8 Å². The average Bonchev–Trinajstić information content (AvgIpc) is 2.79. The lowest BCUT2D eigenvalue weighted by molar-refractivity contribution is -0.115. The Morgan fingerprint density at radius 2 is 1.82 bits per heavy atom. The maximum atomic E-state index is 12.5. The number of hydrogen-bond donors (Lipinski definition) is 3. The van der Waals surface area contributed by atoms with Crippen molar-refractivity contribution in [1.29, 1.82) is 0 Å². The van der Waals surface area contributed by atoms with Crippen molar-refractivity contribution in [3.8, 4) is 11.5 Å². The molecule has 0 fully saturated rings. The maximum absolute atomic E-state index is 12.5.